The Hall–Kier alpha value is -3.00. The quantitative estimate of drug-likeness (QED) is 0.639. The first-order chi connectivity index (χ1) is 14.6. The maximum Gasteiger partial charge on any atom is 0.290 e. The van der Waals surface area contributed by atoms with Crippen LogP contribution in [0, 0.1) is 0 Å². The fraction of sp³-hybridized carbons (Fsp3) is 0.364. The lowest BCUT2D eigenvalue weighted by molar-refractivity contribution is -0.121. The van der Waals surface area contributed by atoms with E-state index in [0.717, 1.165) is 29.0 Å². The first kappa shape index (κ1) is 20.3. The molecule has 1 N–H and O–H groups in total. The van der Waals surface area contributed by atoms with E-state index in [-0.39, 0.29) is 17.6 Å². The predicted octanol–water partition coefficient (Wildman–Crippen LogP) is 4.24. The predicted molar refractivity (Wildman–Crippen MR) is 114 cm³/mol. The van der Waals surface area contributed by atoms with Crippen molar-refractivity contribution in [3.8, 4) is 0 Å². The van der Waals surface area contributed by atoms with E-state index < -0.39 is 6.04 Å². The summed E-state index contributed by atoms with van der Waals surface area (Å²) < 4.78 is 5.29. The third-order valence-corrected chi connectivity index (χ3v) is 6.55. The van der Waals surface area contributed by atoms with E-state index in [1.54, 1.807) is 17.0 Å². The molecule has 0 radical (unpaired) electrons. The molecule has 2 aromatic heterocycles. The molecule has 1 aromatic carbocycles. The Kier molecular flexibility index (Phi) is 5.94. The molecular formula is C22H24N4O3S. The minimum Gasteiger partial charge on any atom is -0.459 e. The summed E-state index contributed by atoms with van der Waals surface area (Å²) in [6.07, 6.45) is 3.85. The first-order valence-electron chi connectivity index (χ1n) is 10.2. The van der Waals surface area contributed by atoms with Crippen molar-refractivity contribution in [1.82, 2.24) is 15.1 Å². The van der Waals surface area contributed by atoms with Crippen molar-refractivity contribution >= 4 is 28.3 Å². The van der Waals surface area contributed by atoms with Gasteiger partial charge in [0.2, 0.25) is 11.0 Å². The van der Waals surface area contributed by atoms with Crippen LogP contribution < -0.4 is 5.32 Å². The Morgan fingerprint density at radius 1 is 1.17 bits per heavy atom. The van der Waals surface area contributed by atoms with E-state index in [4.69, 9.17) is 4.42 Å². The smallest absolute Gasteiger partial charge is 0.290 e. The van der Waals surface area contributed by atoms with Gasteiger partial charge in [0.1, 0.15) is 11.0 Å². The molecule has 0 saturated heterocycles. The molecule has 0 aliphatic carbocycles. The molecule has 0 fully saturated rings. The van der Waals surface area contributed by atoms with Crippen molar-refractivity contribution in [2.45, 2.75) is 51.6 Å². The molecule has 0 bridgehead atoms. The lowest BCUT2D eigenvalue weighted by Crippen LogP contribution is -2.50. The zero-order valence-corrected chi connectivity index (χ0v) is 17.8. The molecule has 1 aliphatic heterocycles. The van der Waals surface area contributed by atoms with E-state index in [2.05, 4.69) is 29.4 Å². The average Bonchev–Trinajstić information content (AvgIpc) is 3.46. The second-order valence-corrected chi connectivity index (χ2v) is 8.36. The molecule has 2 amide bonds. The highest BCUT2D eigenvalue weighted by Crippen LogP contribution is 2.30. The van der Waals surface area contributed by atoms with Gasteiger partial charge in [0.05, 0.1) is 6.26 Å². The molecule has 0 spiro atoms. The number of amides is 2. The van der Waals surface area contributed by atoms with E-state index in [1.165, 1.54) is 17.6 Å². The van der Waals surface area contributed by atoms with E-state index in [0.29, 0.717) is 24.0 Å². The van der Waals surface area contributed by atoms with Crippen molar-refractivity contribution in [1.29, 1.82) is 0 Å². The van der Waals surface area contributed by atoms with Gasteiger partial charge in [-0.25, -0.2) is 0 Å². The number of nitrogens with zero attached hydrogens (tertiary/aromatic N) is 3. The lowest BCUT2D eigenvalue weighted by Gasteiger charge is -2.35. The number of anilines is 1. The Bertz CT molecular complexity index is 1030. The minimum absolute atomic E-state index is 0.221. The number of carbonyl (C=O) groups is 2. The zero-order chi connectivity index (χ0) is 21.1. The van der Waals surface area contributed by atoms with Crippen LogP contribution in [0.25, 0.3) is 0 Å². The fourth-order valence-electron chi connectivity index (χ4n) is 3.79. The van der Waals surface area contributed by atoms with Crippen molar-refractivity contribution in [2.24, 2.45) is 0 Å². The number of nitrogens with one attached hydrogen (secondary N) is 1. The SMILES string of the molecule is CCC(CC)c1nnc(NC(=O)[C@@H]2Cc3ccccc3CN2C(=O)c2ccco2)s1. The van der Waals surface area contributed by atoms with Gasteiger partial charge < -0.3 is 9.32 Å². The second kappa shape index (κ2) is 8.79. The highest BCUT2D eigenvalue weighted by atomic mass is 32.1. The van der Waals surface area contributed by atoms with Crippen LogP contribution in [0.15, 0.2) is 47.1 Å². The summed E-state index contributed by atoms with van der Waals surface area (Å²) >= 11 is 1.40. The van der Waals surface area contributed by atoms with Gasteiger partial charge in [-0.05, 0) is 36.1 Å². The van der Waals surface area contributed by atoms with Gasteiger partial charge in [0.15, 0.2) is 5.76 Å². The van der Waals surface area contributed by atoms with Crippen LogP contribution >= 0.6 is 11.3 Å². The zero-order valence-electron chi connectivity index (χ0n) is 17.0. The summed E-state index contributed by atoms with van der Waals surface area (Å²) in [5.41, 5.74) is 2.10. The van der Waals surface area contributed by atoms with Gasteiger partial charge in [0, 0.05) is 18.9 Å². The third-order valence-electron chi connectivity index (χ3n) is 5.55. The molecule has 30 heavy (non-hydrogen) atoms. The number of benzene rings is 1. The Morgan fingerprint density at radius 3 is 2.63 bits per heavy atom. The summed E-state index contributed by atoms with van der Waals surface area (Å²) in [4.78, 5) is 27.8. The van der Waals surface area contributed by atoms with Crippen molar-refractivity contribution in [3.05, 3.63) is 64.6 Å². The van der Waals surface area contributed by atoms with Crippen LogP contribution in [0.3, 0.4) is 0 Å². The number of carbonyl (C=O) groups excluding carboxylic acids is 2. The molecule has 3 heterocycles. The number of hydrogen-bond acceptors (Lipinski definition) is 6. The first-order valence-corrected chi connectivity index (χ1v) is 11.0. The molecule has 1 aliphatic rings. The van der Waals surface area contributed by atoms with Gasteiger partial charge in [-0.15, -0.1) is 10.2 Å². The number of hydrogen-bond donors (Lipinski definition) is 1. The van der Waals surface area contributed by atoms with Crippen molar-refractivity contribution in [3.63, 3.8) is 0 Å². The van der Waals surface area contributed by atoms with Crippen LogP contribution in [0.5, 0.6) is 0 Å². The third kappa shape index (κ3) is 4.00. The highest BCUT2D eigenvalue weighted by Gasteiger charge is 2.36. The van der Waals surface area contributed by atoms with Crippen molar-refractivity contribution < 1.29 is 14.0 Å². The Labute approximate surface area is 179 Å². The van der Waals surface area contributed by atoms with E-state index >= 15 is 0 Å². The standard InChI is InChI=1S/C22H24N4O3S/c1-3-14(4-2)20-24-25-22(30-20)23-19(27)17-12-15-8-5-6-9-16(15)13-26(17)21(28)18-10-7-11-29-18/h5-11,14,17H,3-4,12-13H2,1-2H3,(H,23,25,27)/t17-/m0/s1. The van der Waals surface area contributed by atoms with Gasteiger partial charge in [0.25, 0.3) is 5.91 Å². The topological polar surface area (TPSA) is 88.3 Å². The highest BCUT2D eigenvalue weighted by molar-refractivity contribution is 7.15. The largest absolute Gasteiger partial charge is 0.459 e. The summed E-state index contributed by atoms with van der Waals surface area (Å²) in [5, 5.41) is 12.7. The van der Waals surface area contributed by atoms with Crippen LogP contribution in [0.2, 0.25) is 0 Å². The van der Waals surface area contributed by atoms with Crippen LogP contribution in [-0.4, -0.2) is 33.0 Å². The van der Waals surface area contributed by atoms with Gasteiger partial charge in [-0.1, -0.05) is 49.4 Å². The van der Waals surface area contributed by atoms with Crippen LogP contribution in [-0.2, 0) is 17.8 Å². The molecule has 156 valence electrons. The van der Waals surface area contributed by atoms with Gasteiger partial charge >= 0.3 is 0 Å². The van der Waals surface area contributed by atoms with Crippen molar-refractivity contribution in [2.75, 3.05) is 5.32 Å². The van der Waals surface area contributed by atoms with E-state index in [9.17, 15) is 9.59 Å². The number of furan rings is 1. The normalized spacial score (nSPS) is 15.8. The van der Waals surface area contributed by atoms with E-state index in [1.807, 2.05) is 24.3 Å². The second-order valence-electron chi connectivity index (χ2n) is 7.35. The lowest BCUT2D eigenvalue weighted by atomic mass is 9.93. The summed E-state index contributed by atoms with van der Waals surface area (Å²) in [6, 6.07) is 10.5. The maximum absolute atomic E-state index is 13.2. The van der Waals surface area contributed by atoms with Crippen LogP contribution in [0.4, 0.5) is 5.13 Å². The molecule has 4 rings (SSSR count). The fourth-order valence-corrected chi connectivity index (χ4v) is 4.80. The summed E-state index contributed by atoms with van der Waals surface area (Å²) in [7, 11) is 0. The minimum atomic E-state index is -0.655. The Morgan fingerprint density at radius 2 is 1.93 bits per heavy atom. The maximum atomic E-state index is 13.2. The Balaban J connectivity index is 1.58. The molecule has 1 atom stereocenters. The molecule has 0 saturated carbocycles. The monoisotopic (exact) mass is 424 g/mol. The van der Waals surface area contributed by atoms with Gasteiger partial charge in [-0.2, -0.15) is 0 Å². The number of fused-ring (bicyclic) bond motifs is 1. The molecule has 7 nitrogen and oxygen atoms in total. The molecule has 8 heteroatoms. The number of rotatable bonds is 6. The molecule has 0 unspecified atom stereocenters. The summed E-state index contributed by atoms with van der Waals surface area (Å²) in [6.45, 7) is 4.58. The summed E-state index contributed by atoms with van der Waals surface area (Å²) in [5.74, 6) is -0.00727. The average molecular weight is 425 g/mol. The van der Waals surface area contributed by atoms with Gasteiger partial charge in [-0.3, -0.25) is 14.9 Å². The molecule has 3 aromatic rings. The molecular weight excluding hydrogens is 400 g/mol. The number of aromatic nitrogens is 2. The van der Waals surface area contributed by atoms with Crippen LogP contribution in [0.1, 0.15) is 59.3 Å².